The molecule has 1 aliphatic carbocycles. The molecule has 0 amide bonds. The van der Waals surface area contributed by atoms with Gasteiger partial charge in [0, 0.05) is 28.7 Å². The van der Waals surface area contributed by atoms with Crippen LogP contribution in [0.25, 0.3) is 10.1 Å². The predicted octanol–water partition coefficient (Wildman–Crippen LogP) is 3.59. The largest absolute Gasteiger partial charge is 0.326 e. The van der Waals surface area contributed by atoms with Gasteiger partial charge in [-0.15, -0.1) is 11.3 Å². The van der Waals surface area contributed by atoms with Gasteiger partial charge in [0.2, 0.25) is 0 Å². The maximum atomic E-state index is 5.93. The van der Waals surface area contributed by atoms with Crippen molar-refractivity contribution in [2.45, 2.75) is 38.9 Å². The van der Waals surface area contributed by atoms with Gasteiger partial charge in [0.25, 0.3) is 0 Å². The Morgan fingerprint density at radius 2 is 2.11 bits per heavy atom. The van der Waals surface area contributed by atoms with Gasteiger partial charge in [0.1, 0.15) is 0 Å². The van der Waals surface area contributed by atoms with Crippen molar-refractivity contribution in [2.24, 2.45) is 11.7 Å². The summed E-state index contributed by atoms with van der Waals surface area (Å²) >= 11 is 1.85. The van der Waals surface area contributed by atoms with Gasteiger partial charge < -0.3 is 5.73 Å². The van der Waals surface area contributed by atoms with E-state index >= 15 is 0 Å². The Bertz CT molecular complexity index is 571. The van der Waals surface area contributed by atoms with Gasteiger partial charge >= 0.3 is 0 Å². The highest BCUT2D eigenvalue weighted by atomic mass is 32.1. The SMILES string of the molecule is CC(C1CC1)N(C)Cc1c(CN)sc2ccccc12. The number of rotatable bonds is 5. The van der Waals surface area contributed by atoms with Gasteiger partial charge in [-0.25, -0.2) is 0 Å². The fraction of sp³-hybridized carbons (Fsp3) is 0.500. The lowest BCUT2D eigenvalue weighted by atomic mass is 10.1. The number of thiophene rings is 1. The molecule has 0 saturated heterocycles. The van der Waals surface area contributed by atoms with Crippen LogP contribution in [0.5, 0.6) is 0 Å². The number of benzene rings is 1. The molecule has 0 radical (unpaired) electrons. The smallest absolute Gasteiger partial charge is 0.0349 e. The van der Waals surface area contributed by atoms with Crippen molar-refractivity contribution in [1.82, 2.24) is 4.90 Å². The number of hydrogen-bond donors (Lipinski definition) is 1. The molecular weight excluding hydrogens is 252 g/mol. The summed E-state index contributed by atoms with van der Waals surface area (Å²) in [6.07, 6.45) is 2.80. The van der Waals surface area contributed by atoms with Crippen molar-refractivity contribution >= 4 is 21.4 Å². The van der Waals surface area contributed by atoms with Gasteiger partial charge in [-0.3, -0.25) is 4.90 Å². The summed E-state index contributed by atoms with van der Waals surface area (Å²) in [6.45, 7) is 4.03. The third-order valence-electron chi connectivity index (χ3n) is 4.37. The van der Waals surface area contributed by atoms with Crippen molar-refractivity contribution in [3.63, 3.8) is 0 Å². The topological polar surface area (TPSA) is 29.3 Å². The Morgan fingerprint density at radius 3 is 2.79 bits per heavy atom. The molecule has 1 heterocycles. The molecule has 0 bridgehead atoms. The van der Waals surface area contributed by atoms with Crippen LogP contribution in [-0.4, -0.2) is 18.0 Å². The van der Waals surface area contributed by atoms with Crippen LogP contribution in [0.15, 0.2) is 24.3 Å². The summed E-state index contributed by atoms with van der Waals surface area (Å²) in [5, 5.41) is 1.39. The summed E-state index contributed by atoms with van der Waals surface area (Å²) in [5.74, 6) is 0.913. The van der Waals surface area contributed by atoms with Crippen LogP contribution in [0, 0.1) is 5.92 Å². The minimum atomic E-state index is 0.653. The van der Waals surface area contributed by atoms with Crippen LogP contribution >= 0.6 is 11.3 Å². The van der Waals surface area contributed by atoms with Crippen LogP contribution in [0.2, 0.25) is 0 Å². The summed E-state index contributed by atoms with van der Waals surface area (Å²) in [5.41, 5.74) is 7.37. The van der Waals surface area contributed by atoms with Crippen LogP contribution in [-0.2, 0) is 13.1 Å². The maximum absolute atomic E-state index is 5.93. The van der Waals surface area contributed by atoms with E-state index in [0.29, 0.717) is 12.6 Å². The van der Waals surface area contributed by atoms with Crippen LogP contribution in [0.1, 0.15) is 30.2 Å². The molecule has 1 aromatic heterocycles. The predicted molar refractivity (Wildman–Crippen MR) is 83.4 cm³/mol. The second-order valence-corrected chi connectivity index (χ2v) is 6.83. The molecule has 2 aromatic rings. The molecule has 1 saturated carbocycles. The highest BCUT2D eigenvalue weighted by Crippen LogP contribution is 2.37. The average Bonchev–Trinajstić information content (AvgIpc) is 3.22. The van der Waals surface area contributed by atoms with E-state index in [1.165, 1.54) is 33.4 Å². The number of hydrogen-bond acceptors (Lipinski definition) is 3. The fourth-order valence-corrected chi connectivity index (χ4v) is 3.91. The van der Waals surface area contributed by atoms with Crippen molar-refractivity contribution in [2.75, 3.05) is 7.05 Å². The molecule has 2 N–H and O–H groups in total. The molecule has 1 atom stereocenters. The lowest BCUT2D eigenvalue weighted by Crippen LogP contribution is -2.30. The molecule has 2 nitrogen and oxygen atoms in total. The molecule has 1 aliphatic rings. The first-order chi connectivity index (χ1) is 9.20. The molecule has 102 valence electrons. The summed E-state index contributed by atoms with van der Waals surface area (Å²) in [7, 11) is 2.25. The average molecular weight is 274 g/mol. The minimum Gasteiger partial charge on any atom is -0.326 e. The lowest BCUT2D eigenvalue weighted by molar-refractivity contribution is 0.227. The lowest BCUT2D eigenvalue weighted by Gasteiger charge is -2.25. The third kappa shape index (κ3) is 2.55. The second kappa shape index (κ2) is 5.23. The van der Waals surface area contributed by atoms with Crippen molar-refractivity contribution in [1.29, 1.82) is 0 Å². The standard InChI is InChI=1S/C16H22N2S/c1-11(12-7-8-12)18(2)10-14-13-5-3-4-6-15(13)19-16(14)9-17/h3-6,11-12H,7-10,17H2,1-2H3. The Hall–Kier alpha value is -0.900. The molecule has 1 fully saturated rings. The van der Waals surface area contributed by atoms with Gasteiger partial charge in [-0.05, 0) is 49.7 Å². The van der Waals surface area contributed by atoms with Gasteiger partial charge in [0.15, 0.2) is 0 Å². The molecule has 0 aliphatic heterocycles. The Balaban J connectivity index is 1.90. The second-order valence-electron chi connectivity index (χ2n) is 5.70. The summed E-state index contributed by atoms with van der Waals surface area (Å²) in [6, 6.07) is 9.36. The zero-order valence-corrected chi connectivity index (χ0v) is 12.5. The Morgan fingerprint density at radius 1 is 1.37 bits per heavy atom. The Labute approximate surface area is 119 Å². The molecule has 3 heteroatoms. The van der Waals surface area contributed by atoms with E-state index < -0.39 is 0 Å². The zero-order chi connectivity index (χ0) is 13.4. The van der Waals surface area contributed by atoms with Crippen molar-refractivity contribution in [3.8, 4) is 0 Å². The fourth-order valence-electron chi connectivity index (χ4n) is 2.82. The molecule has 3 rings (SSSR count). The first-order valence-corrected chi connectivity index (χ1v) is 7.92. The molecule has 1 aromatic carbocycles. The molecule has 1 unspecified atom stereocenters. The zero-order valence-electron chi connectivity index (χ0n) is 11.7. The van der Waals surface area contributed by atoms with Crippen LogP contribution in [0.4, 0.5) is 0 Å². The first kappa shape index (κ1) is 13.1. The van der Waals surface area contributed by atoms with Crippen molar-refractivity contribution < 1.29 is 0 Å². The molecule has 0 spiro atoms. The normalized spacial score (nSPS) is 17.3. The van der Waals surface area contributed by atoms with E-state index in [1.54, 1.807) is 0 Å². The van der Waals surface area contributed by atoms with E-state index in [9.17, 15) is 0 Å². The van der Waals surface area contributed by atoms with Crippen molar-refractivity contribution in [3.05, 3.63) is 34.7 Å². The molecule has 19 heavy (non-hydrogen) atoms. The monoisotopic (exact) mass is 274 g/mol. The maximum Gasteiger partial charge on any atom is 0.0349 e. The number of nitrogens with two attached hydrogens (primary N) is 1. The van der Waals surface area contributed by atoms with Crippen LogP contribution < -0.4 is 5.73 Å². The van der Waals surface area contributed by atoms with E-state index in [-0.39, 0.29) is 0 Å². The van der Waals surface area contributed by atoms with E-state index in [4.69, 9.17) is 5.73 Å². The van der Waals surface area contributed by atoms with Gasteiger partial charge in [0.05, 0.1) is 0 Å². The van der Waals surface area contributed by atoms with E-state index in [0.717, 1.165) is 12.5 Å². The van der Waals surface area contributed by atoms with Crippen LogP contribution in [0.3, 0.4) is 0 Å². The summed E-state index contributed by atoms with van der Waals surface area (Å²) < 4.78 is 1.37. The van der Waals surface area contributed by atoms with E-state index in [1.807, 2.05) is 11.3 Å². The van der Waals surface area contributed by atoms with Gasteiger partial charge in [-0.2, -0.15) is 0 Å². The molecular formula is C16H22N2S. The first-order valence-electron chi connectivity index (χ1n) is 7.10. The third-order valence-corrected chi connectivity index (χ3v) is 5.61. The van der Waals surface area contributed by atoms with E-state index in [2.05, 4.69) is 43.1 Å². The minimum absolute atomic E-state index is 0.653. The number of fused-ring (bicyclic) bond motifs is 1. The highest BCUT2D eigenvalue weighted by Gasteiger charge is 2.30. The quantitative estimate of drug-likeness (QED) is 0.903. The summed E-state index contributed by atoms with van der Waals surface area (Å²) in [4.78, 5) is 3.83. The number of nitrogens with zero attached hydrogens (tertiary/aromatic N) is 1. The Kier molecular flexibility index (Phi) is 3.61. The highest BCUT2D eigenvalue weighted by molar-refractivity contribution is 7.19. The van der Waals surface area contributed by atoms with Gasteiger partial charge in [-0.1, -0.05) is 18.2 Å².